The zero-order valence-corrected chi connectivity index (χ0v) is 20.2. The van der Waals surface area contributed by atoms with Gasteiger partial charge in [0.2, 0.25) is 5.91 Å². The normalized spacial score (nSPS) is 15.9. The summed E-state index contributed by atoms with van der Waals surface area (Å²) in [4.78, 5) is 14.4. The van der Waals surface area contributed by atoms with Crippen LogP contribution < -0.4 is 14.4 Å². The molecule has 0 bridgehead atoms. The molecule has 4 rings (SSSR count). The highest BCUT2D eigenvalue weighted by Crippen LogP contribution is 2.45. The fourth-order valence-electron chi connectivity index (χ4n) is 3.31. The standard InChI is InChI=1S/C23H18ClFINO3S/c1-29-20-11-15(10-19(26)22(20)30-12-14-2-6-17(25)7-3-14)23-27(21(28)13-31-23)18-8-4-16(24)5-9-18/h2-11,23H,12-13H2,1H3/t23-/m1/s1. The Bertz CT molecular complexity index is 1100. The van der Waals surface area contributed by atoms with Crippen LogP contribution in [0.2, 0.25) is 5.02 Å². The predicted molar refractivity (Wildman–Crippen MR) is 131 cm³/mol. The Morgan fingerprint density at radius 3 is 2.55 bits per heavy atom. The van der Waals surface area contributed by atoms with Gasteiger partial charge in [-0.2, -0.15) is 0 Å². The van der Waals surface area contributed by atoms with Crippen LogP contribution in [-0.4, -0.2) is 18.8 Å². The average molecular weight is 570 g/mol. The van der Waals surface area contributed by atoms with E-state index in [1.165, 1.54) is 12.1 Å². The Labute approximate surface area is 202 Å². The topological polar surface area (TPSA) is 38.8 Å². The van der Waals surface area contributed by atoms with Gasteiger partial charge in [0.15, 0.2) is 11.5 Å². The molecule has 0 unspecified atom stereocenters. The largest absolute Gasteiger partial charge is 0.493 e. The fraction of sp³-hybridized carbons (Fsp3) is 0.174. The first kappa shape index (κ1) is 22.2. The molecule has 4 nitrogen and oxygen atoms in total. The third-order valence-corrected chi connectivity index (χ3v) is 7.07. The summed E-state index contributed by atoms with van der Waals surface area (Å²) in [6.07, 6.45) is 0. The lowest BCUT2D eigenvalue weighted by atomic mass is 10.1. The summed E-state index contributed by atoms with van der Waals surface area (Å²) in [5.74, 6) is 1.36. The first-order valence-corrected chi connectivity index (χ1v) is 11.9. The molecule has 8 heteroatoms. The number of amides is 1. The monoisotopic (exact) mass is 569 g/mol. The molecule has 0 radical (unpaired) electrons. The summed E-state index contributed by atoms with van der Waals surface area (Å²) in [6.45, 7) is 0.291. The van der Waals surface area contributed by atoms with Crippen LogP contribution in [0, 0.1) is 9.39 Å². The third kappa shape index (κ3) is 4.94. The Balaban J connectivity index is 1.61. The zero-order valence-electron chi connectivity index (χ0n) is 16.5. The van der Waals surface area contributed by atoms with Gasteiger partial charge >= 0.3 is 0 Å². The smallest absolute Gasteiger partial charge is 0.238 e. The van der Waals surface area contributed by atoms with Crippen molar-refractivity contribution in [2.24, 2.45) is 0 Å². The van der Waals surface area contributed by atoms with Crippen LogP contribution in [0.4, 0.5) is 10.1 Å². The molecular formula is C23H18ClFINO3S. The molecule has 0 saturated carbocycles. The number of rotatable bonds is 6. The lowest BCUT2D eigenvalue weighted by Crippen LogP contribution is -2.27. The minimum Gasteiger partial charge on any atom is -0.493 e. The molecule has 1 aliphatic rings. The maximum Gasteiger partial charge on any atom is 0.238 e. The van der Waals surface area contributed by atoms with Crippen molar-refractivity contribution < 1.29 is 18.7 Å². The minimum absolute atomic E-state index is 0.0444. The second kappa shape index (κ2) is 9.67. The highest BCUT2D eigenvalue weighted by atomic mass is 127. The molecule has 1 aliphatic heterocycles. The number of carbonyl (C=O) groups is 1. The van der Waals surface area contributed by atoms with E-state index in [-0.39, 0.29) is 17.1 Å². The van der Waals surface area contributed by atoms with E-state index in [0.29, 0.717) is 28.9 Å². The maximum absolute atomic E-state index is 13.1. The third-order valence-electron chi connectivity index (χ3n) is 4.81. The highest BCUT2D eigenvalue weighted by Gasteiger charge is 2.35. The maximum atomic E-state index is 13.1. The number of methoxy groups -OCH3 is 1. The molecule has 3 aromatic carbocycles. The van der Waals surface area contributed by atoms with E-state index in [4.69, 9.17) is 21.1 Å². The SMILES string of the molecule is COc1cc([C@H]2SCC(=O)N2c2ccc(Cl)cc2)cc(I)c1OCc1ccc(F)cc1. The van der Waals surface area contributed by atoms with Crippen molar-refractivity contribution in [3.63, 3.8) is 0 Å². The van der Waals surface area contributed by atoms with E-state index in [1.54, 1.807) is 48.0 Å². The highest BCUT2D eigenvalue weighted by molar-refractivity contribution is 14.1. The van der Waals surface area contributed by atoms with Crippen molar-refractivity contribution in [1.82, 2.24) is 0 Å². The number of hydrogen-bond acceptors (Lipinski definition) is 4. The Kier molecular flexibility index (Phi) is 6.93. The van der Waals surface area contributed by atoms with Crippen LogP contribution in [0.15, 0.2) is 60.7 Å². The summed E-state index contributed by atoms with van der Waals surface area (Å²) in [5.41, 5.74) is 2.60. The van der Waals surface area contributed by atoms with E-state index >= 15 is 0 Å². The molecule has 31 heavy (non-hydrogen) atoms. The average Bonchev–Trinajstić information content (AvgIpc) is 3.15. The number of carbonyl (C=O) groups excluding carboxylic acids is 1. The number of benzene rings is 3. The van der Waals surface area contributed by atoms with Crippen LogP contribution in [-0.2, 0) is 11.4 Å². The molecule has 1 fully saturated rings. The molecule has 0 aromatic heterocycles. The van der Waals surface area contributed by atoms with Gasteiger partial charge in [-0.05, 0) is 82.2 Å². The van der Waals surface area contributed by atoms with Gasteiger partial charge in [-0.1, -0.05) is 23.7 Å². The number of nitrogens with zero attached hydrogens (tertiary/aromatic N) is 1. The summed E-state index contributed by atoms with van der Waals surface area (Å²) in [5, 5.41) is 0.445. The van der Waals surface area contributed by atoms with Crippen molar-refractivity contribution >= 4 is 57.5 Å². The van der Waals surface area contributed by atoms with Crippen molar-refractivity contribution in [2.75, 3.05) is 17.8 Å². The Morgan fingerprint density at radius 1 is 1.16 bits per heavy atom. The second-order valence-corrected chi connectivity index (χ2v) is 9.52. The van der Waals surface area contributed by atoms with E-state index in [1.807, 2.05) is 24.3 Å². The molecule has 1 heterocycles. The molecule has 0 spiro atoms. The zero-order chi connectivity index (χ0) is 22.0. The molecule has 1 atom stereocenters. The van der Waals surface area contributed by atoms with Crippen molar-refractivity contribution in [3.05, 3.63) is 86.2 Å². The first-order valence-electron chi connectivity index (χ1n) is 9.40. The van der Waals surface area contributed by atoms with E-state index < -0.39 is 0 Å². The van der Waals surface area contributed by atoms with Gasteiger partial charge in [0.1, 0.15) is 17.8 Å². The molecule has 1 amide bonds. The van der Waals surface area contributed by atoms with Gasteiger partial charge in [0.25, 0.3) is 0 Å². The van der Waals surface area contributed by atoms with Crippen molar-refractivity contribution in [1.29, 1.82) is 0 Å². The molecule has 1 saturated heterocycles. The number of thioether (sulfide) groups is 1. The minimum atomic E-state index is -0.283. The summed E-state index contributed by atoms with van der Waals surface area (Å²) in [7, 11) is 1.59. The van der Waals surface area contributed by atoms with Gasteiger partial charge in [-0.3, -0.25) is 9.69 Å². The summed E-state index contributed by atoms with van der Waals surface area (Å²) >= 11 is 9.78. The van der Waals surface area contributed by atoms with Crippen LogP contribution >= 0.6 is 46.0 Å². The van der Waals surface area contributed by atoms with Gasteiger partial charge in [-0.15, -0.1) is 11.8 Å². The Hall–Kier alpha value is -1.97. The Morgan fingerprint density at radius 2 is 1.87 bits per heavy atom. The predicted octanol–water partition coefficient (Wildman–Crippen LogP) is 6.45. The van der Waals surface area contributed by atoms with E-state index in [2.05, 4.69) is 22.6 Å². The van der Waals surface area contributed by atoms with Crippen LogP contribution in [0.25, 0.3) is 0 Å². The van der Waals surface area contributed by atoms with Gasteiger partial charge < -0.3 is 9.47 Å². The molecular weight excluding hydrogens is 552 g/mol. The van der Waals surface area contributed by atoms with E-state index in [9.17, 15) is 9.18 Å². The fourth-order valence-corrected chi connectivity index (χ4v) is 5.37. The quantitative estimate of drug-likeness (QED) is 0.320. The van der Waals surface area contributed by atoms with Crippen LogP contribution in [0.1, 0.15) is 16.5 Å². The molecule has 0 N–H and O–H groups in total. The van der Waals surface area contributed by atoms with Gasteiger partial charge in [-0.25, -0.2) is 4.39 Å². The lowest BCUT2D eigenvalue weighted by Gasteiger charge is -2.25. The second-order valence-electron chi connectivity index (χ2n) is 6.85. The number of anilines is 1. The first-order chi connectivity index (χ1) is 15.0. The van der Waals surface area contributed by atoms with E-state index in [0.717, 1.165) is 20.4 Å². The summed E-state index contributed by atoms with van der Waals surface area (Å²) in [6, 6.07) is 17.4. The summed E-state index contributed by atoms with van der Waals surface area (Å²) < 4.78 is 25.6. The van der Waals surface area contributed by atoms with Gasteiger partial charge in [0.05, 0.1) is 16.4 Å². The molecule has 3 aromatic rings. The van der Waals surface area contributed by atoms with Crippen molar-refractivity contribution in [2.45, 2.75) is 12.0 Å². The number of ether oxygens (including phenoxy) is 2. The van der Waals surface area contributed by atoms with Gasteiger partial charge in [0, 0.05) is 10.7 Å². The number of halogens is 3. The molecule has 160 valence electrons. The lowest BCUT2D eigenvalue weighted by molar-refractivity contribution is -0.115. The molecule has 0 aliphatic carbocycles. The number of hydrogen-bond donors (Lipinski definition) is 0. The van der Waals surface area contributed by atoms with Crippen molar-refractivity contribution in [3.8, 4) is 11.5 Å². The van der Waals surface area contributed by atoms with Crippen LogP contribution in [0.3, 0.4) is 0 Å². The van der Waals surface area contributed by atoms with Crippen LogP contribution in [0.5, 0.6) is 11.5 Å².